The molecule has 3 aromatic rings. The molecule has 0 atom stereocenters. The quantitative estimate of drug-likeness (QED) is 0.555. The van der Waals surface area contributed by atoms with E-state index < -0.39 is 0 Å². The molecule has 6 nitrogen and oxygen atoms in total. The largest absolute Gasteiger partial charge is 0.361 e. The van der Waals surface area contributed by atoms with Crippen LogP contribution >= 0.6 is 11.8 Å². The molecule has 0 spiro atoms. The van der Waals surface area contributed by atoms with Crippen LogP contribution in [0, 0.1) is 13.8 Å². The molecule has 0 radical (unpaired) electrons. The summed E-state index contributed by atoms with van der Waals surface area (Å²) in [6.45, 7) is 6.78. The van der Waals surface area contributed by atoms with Gasteiger partial charge in [-0.15, -0.1) is 11.8 Å². The molecule has 1 aliphatic rings. The first-order valence-electron chi connectivity index (χ1n) is 10.7. The number of pyridine rings is 1. The van der Waals surface area contributed by atoms with Crippen LogP contribution in [0.4, 0.5) is 0 Å². The number of rotatable bonds is 7. The van der Waals surface area contributed by atoms with Crippen molar-refractivity contribution in [2.75, 3.05) is 13.1 Å². The van der Waals surface area contributed by atoms with Crippen molar-refractivity contribution in [2.24, 2.45) is 0 Å². The zero-order chi connectivity index (χ0) is 21.6. The highest BCUT2D eigenvalue weighted by Gasteiger charge is 2.23. The summed E-state index contributed by atoms with van der Waals surface area (Å²) < 4.78 is 5.24. The molecule has 7 heteroatoms. The number of carbonyl (C=O) groups is 1. The first-order valence-corrected chi connectivity index (χ1v) is 11.7. The van der Waals surface area contributed by atoms with Crippen LogP contribution in [-0.4, -0.2) is 40.1 Å². The van der Waals surface area contributed by atoms with Crippen LogP contribution in [0.25, 0.3) is 0 Å². The lowest BCUT2D eigenvalue weighted by molar-refractivity contribution is 0.0905. The van der Waals surface area contributed by atoms with Crippen LogP contribution in [-0.2, 0) is 12.3 Å². The third kappa shape index (κ3) is 5.54. The summed E-state index contributed by atoms with van der Waals surface area (Å²) in [6.07, 6.45) is 3.65. The molecule has 0 aliphatic carbocycles. The number of aryl methyl sites for hydroxylation is 2. The number of aromatic nitrogens is 2. The minimum absolute atomic E-state index is 0.0455. The summed E-state index contributed by atoms with van der Waals surface area (Å²) in [7, 11) is 0. The number of nitrogens with zero attached hydrogens (tertiary/aromatic N) is 3. The lowest BCUT2D eigenvalue weighted by Gasteiger charge is -2.32. The minimum atomic E-state index is -0.0455. The Hall–Kier alpha value is -2.64. The molecule has 1 fully saturated rings. The van der Waals surface area contributed by atoms with Crippen LogP contribution in [0.15, 0.2) is 58.2 Å². The molecular formula is C24H28N4O2S. The maximum atomic E-state index is 13.0. The normalized spacial score (nSPS) is 15.2. The predicted octanol–water partition coefficient (Wildman–Crippen LogP) is 4.37. The maximum absolute atomic E-state index is 13.0. The summed E-state index contributed by atoms with van der Waals surface area (Å²) >= 11 is 1.54. The second kappa shape index (κ2) is 10.1. The van der Waals surface area contributed by atoms with Gasteiger partial charge in [-0.25, -0.2) is 4.98 Å². The Morgan fingerprint density at radius 3 is 2.65 bits per heavy atom. The average Bonchev–Trinajstić information content (AvgIpc) is 3.12. The molecule has 31 heavy (non-hydrogen) atoms. The molecule has 0 unspecified atom stereocenters. The van der Waals surface area contributed by atoms with Crippen molar-refractivity contribution < 1.29 is 9.32 Å². The smallest absolute Gasteiger partial charge is 0.254 e. The molecule has 0 saturated carbocycles. The molecular weight excluding hydrogens is 408 g/mol. The Labute approximate surface area is 187 Å². The van der Waals surface area contributed by atoms with Crippen LogP contribution in [0.3, 0.4) is 0 Å². The molecule has 1 N–H and O–H groups in total. The van der Waals surface area contributed by atoms with Crippen LogP contribution in [0.5, 0.6) is 0 Å². The van der Waals surface area contributed by atoms with Gasteiger partial charge < -0.3 is 9.84 Å². The number of amides is 1. The van der Waals surface area contributed by atoms with Gasteiger partial charge in [-0.1, -0.05) is 35.5 Å². The van der Waals surface area contributed by atoms with Gasteiger partial charge in [-0.05, 0) is 44.4 Å². The minimum Gasteiger partial charge on any atom is -0.361 e. The van der Waals surface area contributed by atoms with Crippen LogP contribution < -0.4 is 5.32 Å². The van der Waals surface area contributed by atoms with Gasteiger partial charge in [0.1, 0.15) is 10.8 Å². The zero-order valence-electron chi connectivity index (χ0n) is 18.0. The van der Waals surface area contributed by atoms with Crippen LogP contribution in [0.2, 0.25) is 0 Å². The van der Waals surface area contributed by atoms with E-state index in [1.54, 1.807) is 18.0 Å². The number of hydrogen-bond acceptors (Lipinski definition) is 6. The van der Waals surface area contributed by atoms with E-state index in [-0.39, 0.29) is 11.9 Å². The van der Waals surface area contributed by atoms with Gasteiger partial charge in [-0.2, -0.15) is 0 Å². The summed E-state index contributed by atoms with van der Waals surface area (Å²) in [4.78, 5) is 19.9. The topological polar surface area (TPSA) is 71.3 Å². The first-order chi connectivity index (χ1) is 15.1. The lowest BCUT2D eigenvalue weighted by Crippen LogP contribution is -2.44. The summed E-state index contributed by atoms with van der Waals surface area (Å²) in [5.74, 6) is 1.45. The van der Waals surface area contributed by atoms with Crippen molar-refractivity contribution in [1.82, 2.24) is 20.4 Å². The van der Waals surface area contributed by atoms with Gasteiger partial charge in [0.15, 0.2) is 0 Å². The fourth-order valence-corrected chi connectivity index (χ4v) is 5.01. The van der Waals surface area contributed by atoms with E-state index in [0.29, 0.717) is 11.3 Å². The molecule has 1 aromatic carbocycles. The molecule has 4 rings (SSSR count). The second-order valence-corrected chi connectivity index (χ2v) is 8.92. The number of thioether (sulfide) groups is 1. The van der Waals surface area contributed by atoms with E-state index in [4.69, 9.17) is 4.52 Å². The molecule has 1 saturated heterocycles. The van der Waals surface area contributed by atoms with E-state index in [2.05, 4.69) is 44.6 Å². The Kier molecular flexibility index (Phi) is 7.04. The summed E-state index contributed by atoms with van der Waals surface area (Å²) in [6, 6.07) is 14.4. The Bertz CT molecular complexity index is 994. The third-order valence-corrected chi connectivity index (χ3v) is 6.75. The number of benzene rings is 1. The van der Waals surface area contributed by atoms with Crippen molar-refractivity contribution in [1.29, 1.82) is 0 Å². The van der Waals surface area contributed by atoms with Gasteiger partial charge in [0.25, 0.3) is 5.91 Å². The number of piperidine rings is 1. The van der Waals surface area contributed by atoms with Crippen molar-refractivity contribution >= 4 is 17.7 Å². The van der Waals surface area contributed by atoms with Gasteiger partial charge in [0, 0.05) is 43.2 Å². The van der Waals surface area contributed by atoms with Crippen LogP contribution in [0.1, 0.15) is 45.8 Å². The maximum Gasteiger partial charge on any atom is 0.254 e. The number of likely N-dealkylation sites (tertiary alicyclic amines) is 1. The SMILES string of the molecule is Cc1noc(C)c1CSc1ncccc1C(=O)NC1CCN(Cc2ccccc2)CC1. The molecule has 1 amide bonds. The standard InChI is InChI=1S/C24H28N4O2S/c1-17-22(18(2)30-27-17)16-31-24-21(9-6-12-25-24)23(29)26-20-10-13-28(14-11-20)15-19-7-4-3-5-8-19/h3-9,12,20H,10-11,13-16H2,1-2H3,(H,26,29). The van der Waals surface area contributed by atoms with Gasteiger partial charge in [0.2, 0.25) is 0 Å². The highest BCUT2D eigenvalue weighted by atomic mass is 32.2. The van der Waals surface area contributed by atoms with E-state index in [1.807, 2.05) is 32.0 Å². The summed E-state index contributed by atoms with van der Waals surface area (Å²) in [5, 5.41) is 7.97. The molecule has 1 aliphatic heterocycles. The predicted molar refractivity (Wildman–Crippen MR) is 122 cm³/mol. The molecule has 3 heterocycles. The van der Waals surface area contributed by atoms with Crippen molar-refractivity contribution in [3.05, 3.63) is 76.8 Å². The Morgan fingerprint density at radius 2 is 1.94 bits per heavy atom. The number of hydrogen-bond donors (Lipinski definition) is 1. The van der Waals surface area contributed by atoms with Gasteiger partial charge in [0.05, 0.1) is 11.3 Å². The monoisotopic (exact) mass is 436 g/mol. The fourth-order valence-electron chi connectivity index (χ4n) is 3.87. The van der Waals surface area contributed by atoms with E-state index in [0.717, 1.165) is 54.5 Å². The fraction of sp³-hybridized carbons (Fsp3) is 0.375. The number of nitrogens with one attached hydrogen (secondary N) is 1. The highest BCUT2D eigenvalue weighted by Crippen LogP contribution is 2.27. The Balaban J connectivity index is 1.32. The van der Waals surface area contributed by atoms with Crippen molar-refractivity contribution in [2.45, 2.75) is 50.1 Å². The average molecular weight is 437 g/mol. The van der Waals surface area contributed by atoms with Gasteiger partial charge >= 0.3 is 0 Å². The first kappa shape index (κ1) is 21.6. The number of carbonyl (C=O) groups excluding carboxylic acids is 1. The zero-order valence-corrected chi connectivity index (χ0v) is 18.8. The third-order valence-electron chi connectivity index (χ3n) is 5.72. The van der Waals surface area contributed by atoms with E-state index in [1.165, 1.54) is 5.56 Å². The second-order valence-electron chi connectivity index (χ2n) is 7.96. The molecule has 162 valence electrons. The highest BCUT2D eigenvalue weighted by molar-refractivity contribution is 7.98. The van der Waals surface area contributed by atoms with E-state index >= 15 is 0 Å². The lowest BCUT2D eigenvalue weighted by atomic mass is 10.0. The molecule has 0 bridgehead atoms. The van der Waals surface area contributed by atoms with E-state index in [9.17, 15) is 4.79 Å². The van der Waals surface area contributed by atoms with Crippen molar-refractivity contribution in [3.8, 4) is 0 Å². The van der Waals surface area contributed by atoms with Gasteiger partial charge in [-0.3, -0.25) is 9.69 Å². The molecule has 2 aromatic heterocycles. The van der Waals surface area contributed by atoms with Crippen molar-refractivity contribution in [3.63, 3.8) is 0 Å². The summed E-state index contributed by atoms with van der Waals surface area (Å²) in [5.41, 5.74) is 3.91. The Morgan fingerprint density at radius 1 is 1.16 bits per heavy atom.